The van der Waals surface area contributed by atoms with Gasteiger partial charge in [-0.25, -0.2) is 0 Å². The van der Waals surface area contributed by atoms with Crippen LogP contribution in [0.1, 0.15) is 50.5 Å². The molecule has 124 valence electrons. The number of aliphatic carboxylic acids is 1. The molecule has 2 aliphatic carbocycles. The van der Waals surface area contributed by atoms with Crippen LogP contribution in [-0.4, -0.2) is 24.3 Å². The van der Waals surface area contributed by atoms with Crippen LogP contribution < -0.4 is 9.47 Å². The van der Waals surface area contributed by atoms with Gasteiger partial charge >= 0.3 is 5.97 Å². The average molecular weight is 381 g/mol. The van der Waals surface area contributed by atoms with Crippen molar-refractivity contribution in [3.8, 4) is 11.5 Å². The lowest BCUT2D eigenvalue weighted by atomic mass is 9.69. The molecule has 4 nitrogen and oxygen atoms in total. The monoisotopic (exact) mass is 380 g/mol. The van der Waals surface area contributed by atoms with E-state index in [4.69, 9.17) is 9.47 Å². The largest absolute Gasteiger partial charge is 0.489 e. The number of hydrogen-bond acceptors (Lipinski definition) is 3. The number of carboxylic acid groups (broad SMARTS) is 1. The van der Waals surface area contributed by atoms with Crippen LogP contribution in [0.2, 0.25) is 0 Å². The maximum Gasteiger partial charge on any atom is 0.314 e. The van der Waals surface area contributed by atoms with Gasteiger partial charge in [0.15, 0.2) is 11.5 Å². The summed E-state index contributed by atoms with van der Waals surface area (Å²) in [5.74, 6) is 0.685. The summed E-state index contributed by atoms with van der Waals surface area (Å²) in [4.78, 5) is 12.1. The van der Waals surface area contributed by atoms with Crippen molar-refractivity contribution in [1.82, 2.24) is 0 Å². The lowest BCUT2D eigenvalue weighted by molar-refractivity contribution is -0.145. The maximum absolute atomic E-state index is 12.1. The van der Waals surface area contributed by atoms with Gasteiger partial charge in [-0.3, -0.25) is 4.79 Å². The first-order valence-corrected chi connectivity index (χ1v) is 9.17. The topological polar surface area (TPSA) is 55.8 Å². The maximum atomic E-state index is 12.1. The molecule has 0 aromatic heterocycles. The quantitative estimate of drug-likeness (QED) is 0.831. The highest BCUT2D eigenvalue weighted by molar-refractivity contribution is 9.10. The Hall–Kier alpha value is -1.23. The molecular formula is C18H21BrO4. The Morgan fingerprint density at radius 2 is 1.61 bits per heavy atom. The summed E-state index contributed by atoms with van der Waals surface area (Å²) in [6, 6.07) is 3.80. The second kappa shape index (κ2) is 5.40. The normalized spacial score (nSPS) is 24.0. The van der Waals surface area contributed by atoms with Gasteiger partial charge in [-0.05, 0) is 43.4 Å². The molecule has 0 atom stereocenters. The Bertz CT molecular complexity index is 645. The molecule has 0 radical (unpaired) electrons. The standard InChI is InChI=1S/C18H21BrO4/c19-13-9-15-14(22-10-17(6-7-17)11-23-15)8-12(13)18(16(20)21)4-2-1-3-5-18/h8-9H,1-7,10-11H2,(H,20,21). The van der Waals surface area contributed by atoms with Gasteiger partial charge in [-0.2, -0.15) is 0 Å². The molecule has 1 heterocycles. The third-order valence-electron chi connectivity index (χ3n) is 5.69. The summed E-state index contributed by atoms with van der Waals surface area (Å²) in [5, 5.41) is 9.93. The Morgan fingerprint density at radius 3 is 2.17 bits per heavy atom. The highest BCUT2D eigenvalue weighted by Crippen LogP contribution is 2.51. The first kappa shape index (κ1) is 15.3. The van der Waals surface area contributed by atoms with E-state index in [1.807, 2.05) is 12.1 Å². The Kier molecular flexibility index (Phi) is 3.59. The predicted molar refractivity (Wildman–Crippen MR) is 89.2 cm³/mol. The number of carbonyl (C=O) groups is 1. The van der Waals surface area contributed by atoms with Crippen molar-refractivity contribution in [1.29, 1.82) is 0 Å². The minimum absolute atomic E-state index is 0.182. The van der Waals surface area contributed by atoms with E-state index in [-0.39, 0.29) is 5.41 Å². The minimum Gasteiger partial charge on any atom is -0.489 e. The Balaban J connectivity index is 1.74. The van der Waals surface area contributed by atoms with Gasteiger partial charge in [0.1, 0.15) is 0 Å². The molecule has 23 heavy (non-hydrogen) atoms. The number of fused-ring (bicyclic) bond motifs is 1. The van der Waals surface area contributed by atoms with Crippen molar-refractivity contribution in [2.24, 2.45) is 5.41 Å². The van der Waals surface area contributed by atoms with Crippen molar-refractivity contribution >= 4 is 21.9 Å². The van der Waals surface area contributed by atoms with E-state index in [1.54, 1.807) is 0 Å². The highest BCUT2D eigenvalue weighted by Gasteiger charge is 2.47. The third kappa shape index (κ3) is 2.53. The number of halogens is 1. The molecule has 0 saturated heterocycles. The fraction of sp³-hybridized carbons (Fsp3) is 0.611. The SMILES string of the molecule is O=C(O)C1(c2cc3c(cc2Br)OCC2(CC2)CO3)CCCCC1. The lowest BCUT2D eigenvalue weighted by Gasteiger charge is -2.34. The molecule has 0 unspecified atom stereocenters. The van der Waals surface area contributed by atoms with E-state index in [1.165, 1.54) is 0 Å². The number of ether oxygens (including phenoxy) is 2. The van der Waals surface area contributed by atoms with Gasteiger partial charge in [0.05, 0.1) is 18.6 Å². The first-order valence-electron chi connectivity index (χ1n) is 8.38. The average Bonchev–Trinajstić information content (AvgIpc) is 3.35. The number of carboxylic acids is 1. The van der Waals surface area contributed by atoms with Gasteiger partial charge in [-0.15, -0.1) is 0 Å². The van der Waals surface area contributed by atoms with Gasteiger partial charge in [-0.1, -0.05) is 35.2 Å². The van der Waals surface area contributed by atoms with Crippen molar-refractivity contribution in [3.05, 3.63) is 22.2 Å². The Labute approximate surface area is 144 Å². The second-order valence-electron chi connectivity index (χ2n) is 7.30. The summed E-state index contributed by atoms with van der Waals surface area (Å²) in [6.45, 7) is 1.36. The third-order valence-corrected chi connectivity index (χ3v) is 6.35. The fourth-order valence-electron chi connectivity index (χ4n) is 3.85. The van der Waals surface area contributed by atoms with E-state index in [0.717, 1.165) is 47.9 Å². The molecule has 5 heteroatoms. The van der Waals surface area contributed by atoms with E-state index in [0.29, 0.717) is 31.8 Å². The molecule has 1 N–H and O–H groups in total. The Morgan fingerprint density at radius 1 is 1.00 bits per heavy atom. The van der Waals surface area contributed by atoms with Crippen LogP contribution in [0.15, 0.2) is 16.6 Å². The summed E-state index contributed by atoms with van der Waals surface area (Å²) in [6.07, 6.45) is 6.68. The highest BCUT2D eigenvalue weighted by atomic mass is 79.9. The zero-order valence-corrected chi connectivity index (χ0v) is 14.7. The van der Waals surface area contributed by atoms with Crippen LogP contribution in [-0.2, 0) is 10.2 Å². The molecular weight excluding hydrogens is 360 g/mol. The fourth-order valence-corrected chi connectivity index (χ4v) is 4.55. The molecule has 0 amide bonds. The summed E-state index contributed by atoms with van der Waals surface area (Å²) < 4.78 is 12.8. The first-order chi connectivity index (χ1) is 11.0. The van der Waals surface area contributed by atoms with Gasteiger partial charge in [0.25, 0.3) is 0 Å². The molecule has 4 rings (SSSR count). The molecule has 0 bridgehead atoms. The van der Waals surface area contributed by atoms with Crippen LogP contribution in [0.3, 0.4) is 0 Å². The van der Waals surface area contributed by atoms with Crippen LogP contribution >= 0.6 is 15.9 Å². The van der Waals surface area contributed by atoms with E-state index < -0.39 is 11.4 Å². The molecule has 1 aliphatic heterocycles. The van der Waals surface area contributed by atoms with E-state index in [2.05, 4.69) is 15.9 Å². The number of rotatable bonds is 2. The van der Waals surface area contributed by atoms with Gasteiger partial charge < -0.3 is 14.6 Å². The van der Waals surface area contributed by atoms with Crippen LogP contribution in [0.25, 0.3) is 0 Å². The molecule has 2 saturated carbocycles. The predicted octanol–water partition coefficient (Wildman–Crippen LogP) is 4.29. The smallest absolute Gasteiger partial charge is 0.314 e. The molecule has 2 fully saturated rings. The van der Waals surface area contributed by atoms with Crippen molar-refractivity contribution in [3.63, 3.8) is 0 Å². The van der Waals surface area contributed by atoms with Crippen LogP contribution in [0.5, 0.6) is 11.5 Å². The molecule has 1 spiro atoms. The van der Waals surface area contributed by atoms with Crippen molar-refractivity contribution in [2.75, 3.05) is 13.2 Å². The molecule has 3 aliphatic rings. The summed E-state index contributed by atoms with van der Waals surface area (Å²) >= 11 is 3.59. The lowest BCUT2D eigenvalue weighted by Crippen LogP contribution is -2.38. The number of hydrogen-bond donors (Lipinski definition) is 1. The molecule has 1 aromatic rings. The summed E-state index contributed by atoms with van der Waals surface area (Å²) in [7, 11) is 0. The van der Waals surface area contributed by atoms with Crippen molar-refractivity contribution < 1.29 is 19.4 Å². The van der Waals surface area contributed by atoms with Crippen LogP contribution in [0.4, 0.5) is 0 Å². The zero-order chi connectivity index (χ0) is 16.1. The number of benzene rings is 1. The minimum atomic E-state index is -0.807. The molecule has 1 aromatic carbocycles. The van der Waals surface area contributed by atoms with Gasteiger partial charge in [0.2, 0.25) is 0 Å². The zero-order valence-electron chi connectivity index (χ0n) is 13.1. The van der Waals surface area contributed by atoms with E-state index in [9.17, 15) is 9.90 Å². The van der Waals surface area contributed by atoms with Gasteiger partial charge in [0, 0.05) is 9.89 Å². The summed E-state index contributed by atoms with van der Waals surface area (Å²) in [5.41, 5.74) is 0.207. The van der Waals surface area contributed by atoms with Crippen LogP contribution in [0, 0.1) is 5.41 Å². The second-order valence-corrected chi connectivity index (χ2v) is 8.16. The van der Waals surface area contributed by atoms with Crippen molar-refractivity contribution in [2.45, 2.75) is 50.4 Å². The van der Waals surface area contributed by atoms with E-state index >= 15 is 0 Å².